The number of methoxy groups -OCH3 is 1. The van der Waals surface area contributed by atoms with Crippen LogP contribution >= 0.6 is 0 Å². The van der Waals surface area contributed by atoms with Crippen LogP contribution in [0.4, 0.5) is 11.5 Å². The van der Waals surface area contributed by atoms with Crippen molar-refractivity contribution in [2.24, 2.45) is 0 Å². The maximum Gasteiger partial charge on any atom is 0.270 e. The Kier molecular flexibility index (Phi) is 4.30. The minimum Gasteiger partial charge on any atom is -0.380 e. The first-order valence-corrected chi connectivity index (χ1v) is 6.31. The number of pyridine rings is 1. The SMILES string of the molecule is COC(C)CNc1cc(C#N)c2cc([N+](=O)[O-])ccc2n1. The van der Waals surface area contributed by atoms with Gasteiger partial charge in [0.15, 0.2) is 0 Å². The van der Waals surface area contributed by atoms with Crippen molar-refractivity contribution in [2.45, 2.75) is 13.0 Å². The predicted molar refractivity (Wildman–Crippen MR) is 78.1 cm³/mol. The number of hydrogen-bond acceptors (Lipinski definition) is 6. The Bertz CT molecular complexity index is 724. The highest BCUT2D eigenvalue weighted by molar-refractivity contribution is 5.88. The summed E-state index contributed by atoms with van der Waals surface area (Å²) < 4.78 is 5.13. The van der Waals surface area contributed by atoms with Crippen LogP contribution in [-0.2, 0) is 4.74 Å². The molecule has 0 aliphatic heterocycles. The monoisotopic (exact) mass is 286 g/mol. The molecule has 2 rings (SSSR count). The van der Waals surface area contributed by atoms with E-state index in [2.05, 4.69) is 10.3 Å². The summed E-state index contributed by atoms with van der Waals surface area (Å²) in [5, 5.41) is 23.6. The van der Waals surface area contributed by atoms with Crippen molar-refractivity contribution in [1.29, 1.82) is 5.26 Å². The van der Waals surface area contributed by atoms with E-state index in [9.17, 15) is 15.4 Å². The molecule has 1 aromatic heterocycles. The van der Waals surface area contributed by atoms with Gasteiger partial charge in [0.25, 0.3) is 5.69 Å². The average molecular weight is 286 g/mol. The second kappa shape index (κ2) is 6.15. The van der Waals surface area contributed by atoms with Crippen molar-refractivity contribution >= 4 is 22.4 Å². The number of rotatable bonds is 5. The number of nitriles is 1. The molecule has 108 valence electrons. The lowest BCUT2D eigenvalue weighted by Crippen LogP contribution is -2.18. The Morgan fingerprint density at radius 2 is 2.29 bits per heavy atom. The van der Waals surface area contributed by atoms with Crippen molar-refractivity contribution < 1.29 is 9.66 Å². The highest BCUT2D eigenvalue weighted by atomic mass is 16.6. The number of nitrogens with one attached hydrogen (secondary N) is 1. The predicted octanol–water partition coefficient (Wildman–Crippen LogP) is 2.46. The lowest BCUT2D eigenvalue weighted by atomic mass is 10.1. The summed E-state index contributed by atoms with van der Waals surface area (Å²) in [4.78, 5) is 14.7. The maximum absolute atomic E-state index is 10.8. The van der Waals surface area contributed by atoms with Crippen molar-refractivity contribution in [3.8, 4) is 6.07 Å². The van der Waals surface area contributed by atoms with E-state index >= 15 is 0 Å². The summed E-state index contributed by atoms with van der Waals surface area (Å²) in [6.45, 7) is 2.45. The number of hydrogen-bond donors (Lipinski definition) is 1. The number of fused-ring (bicyclic) bond motifs is 1. The van der Waals surface area contributed by atoms with Gasteiger partial charge in [-0.15, -0.1) is 0 Å². The van der Waals surface area contributed by atoms with Crippen LogP contribution in [0.15, 0.2) is 24.3 Å². The normalized spacial score (nSPS) is 11.9. The number of benzene rings is 1. The van der Waals surface area contributed by atoms with E-state index in [4.69, 9.17) is 4.74 Å². The Morgan fingerprint density at radius 3 is 2.90 bits per heavy atom. The minimum atomic E-state index is -0.493. The fourth-order valence-electron chi connectivity index (χ4n) is 1.84. The van der Waals surface area contributed by atoms with Gasteiger partial charge < -0.3 is 10.1 Å². The molecule has 1 heterocycles. The highest BCUT2D eigenvalue weighted by Crippen LogP contribution is 2.24. The number of ether oxygens (including phenoxy) is 1. The molecule has 1 N–H and O–H groups in total. The van der Waals surface area contributed by atoms with Crippen molar-refractivity contribution in [3.05, 3.63) is 39.9 Å². The molecule has 7 heteroatoms. The van der Waals surface area contributed by atoms with Crippen LogP contribution in [0.1, 0.15) is 12.5 Å². The van der Waals surface area contributed by atoms with Gasteiger partial charge in [0.1, 0.15) is 5.82 Å². The van der Waals surface area contributed by atoms with Gasteiger partial charge in [0, 0.05) is 31.2 Å². The number of non-ortho nitro benzene ring substituents is 1. The second-order valence-electron chi connectivity index (χ2n) is 4.55. The number of nitro groups is 1. The van der Waals surface area contributed by atoms with Crippen LogP contribution in [0.25, 0.3) is 10.9 Å². The van der Waals surface area contributed by atoms with Gasteiger partial charge in [-0.1, -0.05) is 0 Å². The molecule has 0 saturated carbocycles. The summed E-state index contributed by atoms with van der Waals surface area (Å²) >= 11 is 0. The number of aromatic nitrogens is 1. The summed E-state index contributed by atoms with van der Waals surface area (Å²) in [5.74, 6) is 0.539. The Hall–Kier alpha value is -2.72. The fraction of sp³-hybridized carbons (Fsp3) is 0.286. The van der Waals surface area contributed by atoms with Crippen molar-refractivity contribution in [3.63, 3.8) is 0 Å². The fourth-order valence-corrected chi connectivity index (χ4v) is 1.84. The van der Waals surface area contributed by atoms with Crippen LogP contribution in [0.3, 0.4) is 0 Å². The van der Waals surface area contributed by atoms with Crippen molar-refractivity contribution in [1.82, 2.24) is 4.98 Å². The Balaban J connectivity index is 2.42. The van der Waals surface area contributed by atoms with Crippen molar-refractivity contribution in [2.75, 3.05) is 19.0 Å². The van der Waals surface area contributed by atoms with Gasteiger partial charge in [-0.25, -0.2) is 4.98 Å². The molecule has 0 spiro atoms. The molecule has 21 heavy (non-hydrogen) atoms. The lowest BCUT2D eigenvalue weighted by molar-refractivity contribution is -0.384. The third kappa shape index (κ3) is 3.24. The number of anilines is 1. The minimum absolute atomic E-state index is 0.00453. The molecule has 0 bridgehead atoms. The Labute approximate surface area is 121 Å². The molecule has 1 atom stereocenters. The molecule has 1 aromatic carbocycles. The van der Waals surface area contributed by atoms with E-state index in [0.717, 1.165) is 0 Å². The van der Waals surface area contributed by atoms with E-state index in [1.807, 2.05) is 13.0 Å². The molecule has 2 aromatic rings. The van der Waals surface area contributed by atoms with Gasteiger partial charge in [0.05, 0.1) is 28.2 Å². The van der Waals surface area contributed by atoms with Crippen LogP contribution in [0.5, 0.6) is 0 Å². The van der Waals surface area contributed by atoms with E-state index in [1.165, 1.54) is 12.1 Å². The lowest BCUT2D eigenvalue weighted by Gasteiger charge is -2.12. The molecule has 1 unspecified atom stereocenters. The average Bonchev–Trinajstić information content (AvgIpc) is 2.50. The van der Waals surface area contributed by atoms with Gasteiger partial charge >= 0.3 is 0 Å². The largest absolute Gasteiger partial charge is 0.380 e. The second-order valence-corrected chi connectivity index (χ2v) is 4.55. The summed E-state index contributed by atoms with van der Waals surface area (Å²) in [7, 11) is 1.61. The zero-order valence-corrected chi connectivity index (χ0v) is 11.7. The first-order valence-electron chi connectivity index (χ1n) is 6.31. The van der Waals surface area contributed by atoms with Crippen LogP contribution in [0.2, 0.25) is 0 Å². The van der Waals surface area contributed by atoms with E-state index < -0.39 is 4.92 Å². The molecule has 0 saturated heterocycles. The molecule has 7 nitrogen and oxygen atoms in total. The zero-order valence-electron chi connectivity index (χ0n) is 11.7. The van der Waals surface area contributed by atoms with E-state index in [0.29, 0.717) is 28.8 Å². The molecule has 0 radical (unpaired) electrons. The van der Waals surface area contributed by atoms with E-state index in [1.54, 1.807) is 19.2 Å². The first-order chi connectivity index (χ1) is 10.0. The third-order valence-electron chi connectivity index (χ3n) is 3.10. The van der Waals surface area contributed by atoms with Crippen LogP contribution < -0.4 is 5.32 Å². The molecule has 0 amide bonds. The quantitative estimate of drug-likeness (QED) is 0.669. The van der Waals surface area contributed by atoms with Gasteiger partial charge in [-0.3, -0.25) is 10.1 Å². The number of nitrogens with zero attached hydrogens (tertiary/aromatic N) is 3. The zero-order chi connectivity index (χ0) is 15.4. The number of nitro benzene ring substituents is 1. The van der Waals surface area contributed by atoms with Gasteiger partial charge in [0.2, 0.25) is 0 Å². The molecular weight excluding hydrogens is 272 g/mol. The summed E-state index contributed by atoms with van der Waals surface area (Å²) in [6.07, 6.45) is 0.00453. The molecular formula is C14H14N4O3. The summed E-state index contributed by atoms with van der Waals surface area (Å²) in [5.41, 5.74) is 0.818. The van der Waals surface area contributed by atoms with E-state index in [-0.39, 0.29) is 11.8 Å². The standard InChI is InChI=1S/C14H14N4O3/c1-9(21-2)8-16-14-5-10(7-15)12-6-11(18(19)20)3-4-13(12)17-14/h3-6,9H,8H2,1-2H3,(H,16,17). The topological polar surface area (TPSA) is 101 Å². The maximum atomic E-state index is 10.8. The van der Waals surface area contributed by atoms with Crippen LogP contribution in [0, 0.1) is 21.4 Å². The molecule has 0 aliphatic carbocycles. The Morgan fingerprint density at radius 1 is 1.52 bits per heavy atom. The first kappa shape index (κ1) is 14.7. The van der Waals surface area contributed by atoms with Crippen LogP contribution in [-0.4, -0.2) is 29.7 Å². The highest BCUT2D eigenvalue weighted by Gasteiger charge is 2.11. The third-order valence-corrected chi connectivity index (χ3v) is 3.10. The summed E-state index contributed by atoms with van der Waals surface area (Å²) in [6, 6.07) is 7.90. The molecule has 0 aliphatic rings. The van der Waals surface area contributed by atoms with Gasteiger partial charge in [-0.05, 0) is 19.1 Å². The smallest absolute Gasteiger partial charge is 0.270 e. The van der Waals surface area contributed by atoms with Gasteiger partial charge in [-0.2, -0.15) is 5.26 Å². The molecule has 0 fully saturated rings.